The summed E-state index contributed by atoms with van der Waals surface area (Å²) in [5.41, 5.74) is 15.2. The highest BCUT2D eigenvalue weighted by Crippen LogP contribution is 2.57. The van der Waals surface area contributed by atoms with Crippen LogP contribution in [0, 0.1) is 62.3 Å². The average Bonchev–Trinajstić information content (AvgIpc) is 2.64. The number of rotatable bonds is 6. The summed E-state index contributed by atoms with van der Waals surface area (Å²) in [5, 5.41) is 0. The van der Waals surface area contributed by atoms with E-state index in [9.17, 15) is 4.57 Å². The van der Waals surface area contributed by atoms with Crippen molar-refractivity contribution in [1.82, 2.24) is 0 Å². The van der Waals surface area contributed by atoms with Gasteiger partial charge in [0, 0.05) is 18.5 Å². The molecule has 0 saturated heterocycles. The van der Waals surface area contributed by atoms with Gasteiger partial charge < -0.3 is 4.57 Å². The van der Waals surface area contributed by atoms with Gasteiger partial charge in [-0.2, -0.15) is 0 Å². The van der Waals surface area contributed by atoms with Crippen LogP contribution in [-0.4, -0.2) is 0 Å². The summed E-state index contributed by atoms with van der Waals surface area (Å²) in [4.78, 5) is 0. The van der Waals surface area contributed by atoms with E-state index < -0.39 is 7.14 Å². The molecule has 0 amide bonds. The predicted molar refractivity (Wildman–Crippen MR) is 141 cm³/mol. The first kappa shape index (κ1) is 24.5. The standard InChI is InChI=1S/C30H39OP/c1-19-10-22(4)28(23(5)11-19)16-32(31,17-29-24(6)12-20(2)13-25(29)7)18-30-26(8)14-21(3)15-27(30)9/h10-15H,16-18H2,1-9H3. The van der Waals surface area contributed by atoms with E-state index in [2.05, 4.69) is 98.7 Å². The quantitative estimate of drug-likeness (QED) is 0.346. The van der Waals surface area contributed by atoms with Gasteiger partial charge in [0.2, 0.25) is 0 Å². The van der Waals surface area contributed by atoms with Gasteiger partial charge in [0.25, 0.3) is 0 Å². The van der Waals surface area contributed by atoms with Crippen LogP contribution in [0.25, 0.3) is 0 Å². The summed E-state index contributed by atoms with van der Waals surface area (Å²) < 4.78 is 14.9. The minimum atomic E-state index is -2.59. The second kappa shape index (κ2) is 9.40. The molecule has 0 bridgehead atoms. The molecular formula is C30H39OP. The minimum Gasteiger partial charge on any atom is -0.323 e. The van der Waals surface area contributed by atoms with Gasteiger partial charge in [-0.25, -0.2) is 0 Å². The SMILES string of the molecule is Cc1cc(C)c(CP(=O)(Cc2c(C)cc(C)cc2C)Cc2c(C)cc(C)cc2C)c(C)c1. The topological polar surface area (TPSA) is 17.1 Å². The molecule has 0 radical (unpaired) electrons. The van der Waals surface area contributed by atoms with Crippen LogP contribution in [0.15, 0.2) is 36.4 Å². The van der Waals surface area contributed by atoms with Crippen LogP contribution < -0.4 is 0 Å². The van der Waals surface area contributed by atoms with E-state index in [0.29, 0.717) is 18.5 Å². The van der Waals surface area contributed by atoms with Gasteiger partial charge in [0.1, 0.15) is 7.14 Å². The first-order chi connectivity index (χ1) is 14.9. The third-order valence-corrected chi connectivity index (χ3v) is 9.54. The van der Waals surface area contributed by atoms with Crippen LogP contribution in [0.4, 0.5) is 0 Å². The van der Waals surface area contributed by atoms with Crippen LogP contribution in [-0.2, 0) is 23.1 Å². The van der Waals surface area contributed by atoms with Crippen molar-refractivity contribution in [2.45, 2.75) is 80.8 Å². The minimum absolute atomic E-state index is 0.657. The molecule has 3 aromatic carbocycles. The highest BCUT2D eigenvalue weighted by Gasteiger charge is 2.28. The lowest BCUT2D eigenvalue weighted by atomic mass is 10.0. The Hall–Kier alpha value is -2.11. The third kappa shape index (κ3) is 5.44. The molecule has 1 nitrogen and oxygen atoms in total. The largest absolute Gasteiger partial charge is 0.323 e. The zero-order chi connectivity index (χ0) is 23.8. The maximum absolute atomic E-state index is 14.9. The van der Waals surface area contributed by atoms with Crippen LogP contribution in [0.2, 0.25) is 0 Å². The molecule has 0 fully saturated rings. The van der Waals surface area contributed by atoms with Crippen molar-refractivity contribution in [3.8, 4) is 0 Å². The molecule has 0 aliphatic carbocycles. The summed E-state index contributed by atoms with van der Waals surface area (Å²) >= 11 is 0. The molecule has 32 heavy (non-hydrogen) atoms. The first-order valence-corrected chi connectivity index (χ1v) is 13.9. The lowest BCUT2D eigenvalue weighted by Gasteiger charge is -2.25. The molecule has 2 heteroatoms. The van der Waals surface area contributed by atoms with Gasteiger partial charge in [0.15, 0.2) is 0 Å². The van der Waals surface area contributed by atoms with Gasteiger partial charge >= 0.3 is 0 Å². The summed E-state index contributed by atoms with van der Waals surface area (Å²) in [6, 6.07) is 13.4. The fraction of sp³-hybridized carbons (Fsp3) is 0.400. The lowest BCUT2D eigenvalue weighted by Crippen LogP contribution is -2.06. The Labute approximate surface area is 195 Å². The van der Waals surface area contributed by atoms with Crippen LogP contribution >= 0.6 is 7.14 Å². The smallest absolute Gasteiger partial charge is 0.100 e. The van der Waals surface area contributed by atoms with E-state index in [4.69, 9.17) is 0 Å². The molecule has 3 rings (SSSR count). The highest BCUT2D eigenvalue weighted by atomic mass is 31.2. The van der Waals surface area contributed by atoms with Crippen LogP contribution in [0.5, 0.6) is 0 Å². The fourth-order valence-corrected chi connectivity index (χ4v) is 8.97. The summed E-state index contributed by atoms with van der Waals surface area (Å²) in [7, 11) is -2.59. The first-order valence-electron chi connectivity index (χ1n) is 11.7. The molecule has 170 valence electrons. The van der Waals surface area contributed by atoms with Crippen molar-refractivity contribution < 1.29 is 4.57 Å². The van der Waals surface area contributed by atoms with Gasteiger partial charge in [-0.15, -0.1) is 0 Å². The van der Waals surface area contributed by atoms with Crippen molar-refractivity contribution in [2.75, 3.05) is 0 Å². The van der Waals surface area contributed by atoms with Crippen molar-refractivity contribution in [1.29, 1.82) is 0 Å². The fourth-order valence-electron chi connectivity index (χ4n) is 5.41. The number of aryl methyl sites for hydroxylation is 9. The lowest BCUT2D eigenvalue weighted by molar-refractivity contribution is 0.571. The van der Waals surface area contributed by atoms with Gasteiger partial charge in [-0.05, 0) is 112 Å². The Bertz CT molecular complexity index is 996. The molecule has 0 aliphatic heterocycles. The molecule has 3 aromatic rings. The molecule has 0 unspecified atom stereocenters. The number of benzene rings is 3. The van der Waals surface area contributed by atoms with Gasteiger partial charge in [0.05, 0.1) is 0 Å². The summed E-state index contributed by atoms with van der Waals surface area (Å²) in [5.74, 6) is 0. The van der Waals surface area contributed by atoms with Crippen LogP contribution in [0.3, 0.4) is 0 Å². The Kier molecular flexibility index (Phi) is 7.21. The molecule has 0 N–H and O–H groups in total. The van der Waals surface area contributed by atoms with Crippen LogP contribution in [0.1, 0.15) is 66.8 Å². The normalized spacial score (nSPS) is 11.8. The zero-order valence-corrected chi connectivity index (χ0v) is 22.3. The van der Waals surface area contributed by atoms with E-state index >= 15 is 0 Å². The third-order valence-electron chi connectivity index (χ3n) is 6.86. The van der Waals surface area contributed by atoms with E-state index in [1.165, 1.54) is 66.8 Å². The maximum atomic E-state index is 14.9. The Morgan fingerprint density at radius 2 is 0.625 bits per heavy atom. The molecule has 0 aromatic heterocycles. The molecule has 0 heterocycles. The van der Waals surface area contributed by atoms with Crippen molar-refractivity contribution in [3.05, 3.63) is 103 Å². The summed E-state index contributed by atoms with van der Waals surface area (Å²) in [6.45, 7) is 19.4. The van der Waals surface area contributed by atoms with Crippen molar-refractivity contribution in [2.24, 2.45) is 0 Å². The van der Waals surface area contributed by atoms with Crippen molar-refractivity contribution in [3.63, 3.8) is 0 Å². The Balaban J connectivity index is 2.12. The monoisotopic (exact) mass is 446 g/mol. The average molecular weight is 447 g/mol. The predicted octanol–water partition coefficient (Wildman–Crippen LogP) is 8.73. The van der Waals surface area contributed by atoms with Crippen molar-refractivity contribution >= 4 is 7.14 Å². The van der Waals surface area contributed by atoms with Gasteiger partial charge in [-0.3, -0.25) is 0 Å². The van der Waals surface area contributed by atoms with E-state index in [1.54, 1.807) is 0 Å². The molecular weight excluding hydrogens is 407 g/mol. The Morgan fingerprint density at radius 3 is 0.812 bits per heavy atom. The molecule has 0 saturated carbocycles. The van der Waals surface area contributed by atoms with E-state index in [0.717, 1.165) is 0 Å². The number of hydrogen-bond donors (Lipinski definition) is 0. The highest BCUT2D eigenvalue weighted by molar-refractivity contribution is 7.61. The van der Waals surface area contributed by atoms with E-state index in [-0.39, 0.29) is 0 Å². The molecule has 0 aliphatic rings. The number of hydrogen-bond acceptors (Lipinski definition) is 1. The van der Waals surface area contributed by atoms with Gasteiger partial charge in [-0.1, -0.05) is 53.1 Å². The second-order valence-electron chi connectivity index (χ2n) is 10.2. The maximum Gasteiger partial charge on any atom is 0.100 e. The molecule has 0 spiro atoms. The second-order valence-corrected chi connectivity index (χ2v) is 13.2. The summed E-state index contributed by atoms with van der Waals surface area (Å²) in [6.07, 6.45) is 1.97. The van der Waals surface area contributed by atoms with E-state index in [1.807, 2.05) is 0 Å². The zero-order valence-electron chi connectivity index (χ0n) is 21.4. The Morgan fingerprint density at radius 1 is 0.438 bits per heavy atom. The molecule has 0 atom stereocenters.